The molecule has 14 rings (SSSR count). The lowest BCUT2D eigenvalue weighted by atomic mass is 9.81. The topological polar surface area (TPSA) is 64.3 Å². The molecule has 1 atom stereocenters. The van der Waals surface area contributed by atoms with Crippen LogP contribution in [-0.2, 0) is 5.41 Å². The Hall–Kier alpha value is -8.32. The summed E-state index contributed by atoms with van der Waals surface area (Å²) < 4.78 is 11.1. The van der Waals surface area contributed by atoms with E-state index < -0.39 is 0 Å². The SMILES string of the molecule is CC1(C)c2cc(C3=NC(n4c5ccccc5c5ccc6c7ccccc7n(-c7ccccc7)c6c54)=NC(c4ccccc4)[NH2+]3)ccc2-c2ccc(-c3cccc4oc5ccccc5c34)cc21. The molecular formula is C60H42N5O+. The van der Waals surface area contributed by atoms with Gasteiger partial charge in [-0.1, -0.05) is 159 Å². The number of aromatic nitrogens is 2. The number of furan rings is 1. The summed E-state index contributed by atoms with van der Waals surface area (Å²) in [6, 6.07) is 72.0. The van der Waals surface area contributed by atoms with E-state index in [1.54, 1.807) is 0 Å². The third kappa shape index (κ3) is 5.27. The highest BCUT2D eigenvalue weighted by molar-refractivity contribution is 6.26. The number of hydrogen-bond acceptors (Lipinski definition) is 3. The van der Waals surface area contributed by atoms with Gasteiger partial charge in [0.25, 0.3) is 0 Å². The number of fused-ring (bicyclic) bond motifs is 13. The van der Waals surface area contributed by atoms with Crippen molar-refractivity contribution in [2.75, 3.05) is 0 Å². The van der Waals surface area contributed by atoms with Gasteiger partial charge in [0.2, 0.25) is 18.0 Å². The van der Waals surface area contributed by atoms with E-state index in [1.807, 2.05) is 6.07 Å². The van der Waals surface area contributed by atoms with Gasteiger partial charge in [-0.3, -0.25) is 9.88 Å². The van der Waals surface area contributed by atoms with Gasteiger partial charge in [0.05, 0.1) is 27.6 Å². The van der Waals surface area contributed by atoms with Crippen LogP contribution in [-0.4, -0.2) is 20.9 Å². The maximum absolute atomic E-state index is 6.31. The van der Waals surface area contributed by atoms with Crippen LogP contribution in [0.5, 0.6) is 0 Å². The summed E-state index contributed by atoms with van der Waals surface area (Å²) in [6.07, 6.45) is -0.258. The van der Waals surface area contributed by atoms with Crippen LogP contribution < -0.4 is 5.32 Å². The minimum atomic E-state index is -0.267. The normalized spacial score (nSPS) is 15.5. The van der Waals surface area contributed by atoms with Gasteiger partial charge in [-0.15, -0.1) is 0 Å². The number of nitrogens with two attached hydrogens (primary N) is 1. The Kier molecular flexibility index (Phi) is 7.78. The van der Waals surface area contributed by atoms with Crippen LogP contribution in [0.1, 0.15) is 42.3 Å². The summed E-state index contributed by atoms with van der Waals surface area (Å²) in [5.41, 5.74) is 16.8. The van der Waals surface area contributed by atoms with Crippen molar-refractivity contribution in [2.45, 2.75) is 25.4 Å². The van der Waals surface area contributed by atoms with Crippen molar-refractivity contribution >= 4 is 77.3 Å². The lowest BCUT2D eigenvalue weighted by Crippen LogP contribution is -2.90. The van der Waals surface area contributed by atoms with Crippen molar-refractivity contribution < 1.29 is 9.73 Å². The molecule has 6 nitrogen and oxygen atoms in total. The minimum absolute atomic E-state index is 0.258. The third-order valence-electron chi connectivity index (χ3n) is 14.3. The Morgan fingerprint density at radius 1 is 0.485 bits per heavy atom. The molecule has 0 spiro atoms. The molecule has 1 aliphatic heterocycles. The predicted octanol–water partition coefficient (Wildman–Crippen LogP) is 13.7. The fourth-order valence-corrected chi connectivity index (χ4v) is 11.2. The van der Waals surface area contributed by atoms with Crippen LogP contribution in [0.2, 0.25) is 0 Å². The van der Waals surface area contributed by atoms with Crippen molar-refractivity contribution in [2.24, 2.45) is 9.98 Å². The number of benzene rings is 9. The van der Waals surface area contributed by atoms with Gasteiger partial charge in [-0.2, -0.15) is 9.98 Å². The second kappa shape index (κ2) is 13.8. The number of aliphatic imine (C=N–C) groups is 2. The Morgan fingerprint density at radius 3 is 1.79 bits per heavy atom. The summed E-state index contributed by atoms with van der Waals surface area (Å²) >= 11 is 0. The molecule has 66 heavy (non-hydrogen) atoms. The van der Waals surface area contributed by atoms with E-state index in [2.05, 4.69) is 222 Å². The van der Waals surface area contributed by atoms with Gasteiger partial charge in [0.1, 0.15) is 11.2 Å². The van der Waals surface area contributed by atoms with E-state index in [-0.39, 0.29) is 11.6 Å². The fourth-order valence-electron chi connectivity index (χ4n) is 11.2. The molecule has 2 N–H and O–H groups in total. The maximum Gasteiger partial charge on any atom is 0.240 e. The van der Waals surface area contributed by atoms with Crippen molar-refractivity contribution in [3.05, 3.63) is 222 Å². The smallest absolute Gasteiger partial charge is 0.240 e. The summed E-state index contributed by atoms with van der Waals surface area (Å²) in [7, 11) is 0. The highest BCUT2D eigenvalue weighted by atomic mass is 16.3. The van der Waals surface area contributed by atoms with Gasteiger partial charge in [-0.05, 0) is 88.0 Å². The summed E-state index contributed by atoms with van der Waals surface area (Å²) in [4.78, 5) is 11.2. The van der Waals surface area contributed by atoms with Gasteiger partial charge in [0, 0.05) is 49.0 Å². The van der Waals surface area contributed by atoms with Crippen molar-refractivity contribution in [1.29, 1.82) is 0 Å². The lowest BCUT2D eigenvalue weighted by molar-refractivity contribution is -0.586. The second-order valence-corrected chi connectivity index (χ2v) is 18.3. The quantitative estimate of drug-likeness (QED) is 0.188. The molecule has 12 aromatic rings. The average molecular weight is 849 g/mol. The van der Waals surface area contributed by atoms with E-state index in [4.69, 9.17) is 14.4 Å². The number of quaternary nitrogens is 1. The van der Waals surface area contributed by atoms with Gasteiger partial charge >= 0.3 is 0 Å². The Labute approximate surface area is 380 Å². The van der Waals surface area contributed by atoms with Crippen molar-refractivity contribution in [3.63, 3.8) is 0 Å². The first-order valence-corrected chi connectivity index (χ1v) is 22.8. The lowest BCUT2D eigenvalue weighted by Gasteiger charge is -2.23. The van der Waals surface area contributed by atoms with Crippen LogP contribution in [0.15, 0.2) is 215 Å². The molecule has 4 heterocycles. The largest absolute Gasteiger partial charge is 0.456 e. The molecule has 0 fully saturated rings. The van der Waals surface area contributed by atoms with E-state index in [9.17, 15) is 0 Å². The molecule has 1 unspecified atom stereocenters. The first-order chi connectivity index (χ1) is 32.5. The molecule has 312 valence electrons. The number of hydrogen-bond donors (Lipinski definition) is 1. The van der Waals surface area contributed by atoms with Gasteiger partial charge in [0.15, 0.2) is 0 Å². The molecule has 0 saturated carbocycles. The first-order valence-electron chi connectivity index (χ1n) is 22.8. The zero-order chi connectivity index (χ0) is 43.7. The molecule has 2 aliphatic rings. The fraction of sp³-hybridized carbons (Fsp3) is 0.0667. The first kappa shape index (κ1) is 37.1. The van der Waals surface area contributed by atoms with Crippen molar-refractivity contribution in [3.8, 4) is 27.9 Å². The molecule has 0 saturated heterocycles. The minimum Gasteiger partial charge on any atom is -0.456 e. The number of rotatable bonds is 4. The molecule has 6 heteroatoms. The highest BCUT2D eigenvalue weighted by Gasteiger charge is 2.37. The maximum atomic E-state index is 6.31. The molecule has 0 bridgehead atoms. The van der Waals surface area contributed by atoms with E-state index in [0.717, 1.165) is 77.4 Å². The van der Waals surface area contributed by atoms with Gasteiger partial charge in [-0.25, -0.2) is 0 Å². The Bertz CT molecular complexity index is 4050. The standard InChI is InChI=1S/C60H41N5O/c1-60(2)48-34-37(40-23-15-27-53-54(40)47-22-11-14-26-52(47)66-53)28-30-41(48)42-31-29-38(35-49(42)60)58-61-57(36-16-5-3-6-17-36)62-59(63-58)65-51-25-13-10-21-44(51)46-33-32-45-43-20-9-12-24-50(43)64(55(45)56(46)65)39-18-7-4-8-19-39/h3-35,57H,1-2H3,(H,61,62,63)/p+1. The third-order valence-corrected chi connectivity index (χ3v) is 14.3. The zero-order valence-corrected chi connectivity index (χ0v) is 36.4. The van der Waals surface area contributed by atoms with Crippen LogP contribution in [0, 0.1) is 0 Å². The second-order valence-electron chi connectivity index (χ2n) is 18.3. The molecule has 1 aliphatic carbocycles. The van der Waals surface area contributed by atoms with Crippen LogP contribution in [0.4, 0.5) is 0 Å². The molecular weight excluding hydrogens is 807 g/mol. The number of nitrogens with zero attached hydrogens (tertiary/aromatic N) is 4. The predicted molar refractivity (Wildman–Crippen MR) is 271 cm³/mol. The van der Waals surface area contributed by atoms with E-state index in [1.165, 1.54) is 44.2 Å². The highest BCUT2D eigenvalue weighted by Crippen LogP contribution is 2.51. The Morgan fingerprint density at radius 2 is 1.06 bits per heavy atom. The number of amidine groups is 1. The average Bonchev–Trinajstić information content (AvgIpc) is 4.09. The number of para-hydroxylation sites is 4. The zero-order valence-electron chi connectivity index (χ0n) is 36.4. The summed E-state index contributed by atoms with van der Waals surface area (Å²) in [5, 5.41) is 9.27. The molecule has 0 radical (unpaired) electrons. The Balaban J connectivity index is 0.958. The van der Waals surface area contributed by atoms with Crippen LogP contribution in [0.3, 0.4) is 0 Å². The summed E-state index contributed by atoms with van der Waals surface area (Å²) in [5.74, 6) is 1.57. The van der Waals surface area contributed by atoms with Crippen LogP contribution >= 0.6 is 0 Å². The van der Waals surface area contributed by atoms with Crippen molar-refractivity contribution in [1.82, 2.24) is 9.13 Å². The van der Waals surface area contributed by atoms with Crippen LogP contribution in [0.25, 0.3) is 93.5 Å². The molecule has 3 aromatic heterocycles. The monoisotopic (exact) mass is 848 g/mol. The molecule has 0 amide bonds. The van der Waals surface area contributed by atoms with E-state index >= 15 is 0 Å². The molecule has 9 aromatic carbocycles. The van der Waals surface area contributed by atoms with E-state index in [0.29, 0.717) is 5.96 Å². The van der Waals surface area contributed by atoms with Gasteiger partial charge < -0.3 is 8.98 Å². The summed E-state index contributed by atoms with van der Waals surface area (Å²) in [6.45, 7) is 4.72.